The molecule has 3 N–H and O–H groups in total. The molecule has 9 nitrogen and oxygen atoms in total. The van der Waals surface area contributed by atoms with Gasteiger partial charge in [-0.05, 0) is 48.9 Å². The van der Waals surface area contributed by atoms with E-state index in [1.54, 1.807) is 13.3 Å². The van der Waals surface area contributed by atoms with Crippen molar-refractivity contribution in [1.82, 2.24) is 19.7 Å². The number of anilines is 3. The lowest BCUT2D eigenvalue weighted by atomic mass is 9.83. The topological polar surface area (TPSA) is 121 Å². The molecule has 0 spiro atoms. The fraction of sp³-hybridized carbons (Fsp3) is 0.481. The van der Waals surface area contributed by atoms with Gasteiger partial charge in [-0.15, -0.1) is 0 Å². The third kappa shape index (κ3) is 5.50. The largest absolute Gasteiger partial charge is 0.395 e. The minimum atomic E-state index is -0.451. The number of nitriles is 1. The lowest BCUT2D eigenvalue weighted by Crippen LogP contribution is -2.28. The first-order chi connectivity index (χ1) is 17.4. The fourth-order valence-electron chi connectivity index (χ4n) is 4.43. The quantitative estimate of drug-likeness (QED) is 0.342. The van der Waals surface area contributed by atoms with Crippen LogP contribution in [0, 0.1) is 17.2 Å². The Morgan fingerprint density at radius 2 is 2.19 bits per heavy atom. The van der Waals surface area contributed by atoms with Crippen LogP contribution in [0.15, 0.2) is 30.6 Å². The predicted octanol–water partition coefficient (Wildman–Crippen LogP) is 4.26. The highest BCUT2D eigenvalue weighted by molar-refractivity contribution is 5.76. The molecule has 3 heterocycles. The molecule has 4 rings (SSSR count). The Morgan fingerprint density at radius 3 is 2.92 bits per heavy atom. The highest BCUT2D eigenvalue weighted by Crippen LogP contribution is 2.41. The van der Waals surface area contributed by atoms with Crippen LogP contribution in [0.2, 0.25) is 0 Å². The molecule has 0 aliphatic carbocycles. The summed E-state index contributed by atoms with van der Waals surface area (Å²) < 4.78 is 7.13. The minimum Gasteiger partial charge on any atom is -0.395 e. The van der Waals surface area contributed by atoms with E-state index >= 15 is 0 Å². The van der Waals surface area contributed by atoms with Gasteiger partial charge in [-0.2, -0.15) is 10.4 Å². The molecule has 0 amide bonds. The first-order valence-corrected chi connectivity index (χ1v) is 12.5. The second-order valence-corrected chi connectivity index (χ2v) is 10.1. The number of aliphatic hydroxyl groups excluding tert-OH is 1. The maximum Gasteiger partial charge on any atom is 0.227 e. The van der Waals surface area contributed by atoms with Crippen molar-refractivity contribution in [1.29, 1.82) is 5.26 Å². The monoisotopic (exact) mass is 489 g/mol. The molecule has 0 fully saturated rings. The number of fused-ring (bicyclic) bond motifs is 1. The van der Waals surface area contributed by atoms with Crippen LogP contribution in [0.4, 0.5) is 17.3 Å². The van der Waals surface area contributed by atoms with E-state index in [1.807, 2.05) is 36.0 Å². The highest BCUT2D eigenvalue weighted by atomic mass is 16.5. The smallest absolute Gasteiger partial charge is 0.227 e. The number of hydrogen-bond donors (Lipinski definition) is 3. The molecule has 1 atom stereocenters. The lowest BCUT2D eigenvalue weighted by Gasteiger charge is -2.21. The summed E-state index contributed by atoms with van der Waals surface area (Å²) >= 11 is 0. The van der Waals surface area contributed by atoms with Crippen LogP contribution >= 0.6 is 0 Å². The zero-order valence-electron chi connectivity index (χ0n) is 21.5. The number of aryl methyl sites for hydroxylation is 2. The number of hydrogen-bond acceptors (Lipinski definition) is 8. The first kappa shape index (κ1) is 25.6. The number of aliphatic hydroxyl groups is 1. The van der Waals surface area contributed by atoms with Gasteiger partial charge >= 0.3 is 0 Å². The summed E-state index contributed by atoms with van der Waals surface area (Å²) in [4.78, 5) is 9.21. The summed E-state index contributed by atoms with van der Waals surface area (Å²) in [7, 11) is 1.70. The molecule has 0 saturated heterocycles. The Hall–Kier alpha value is -3.48. The molecule has 0 unspecified atom stereocenters. The van der Waals surface area contributed by atoms with Gasteiger partial charge in [0.05, 0.1) is 34.9 Å². The molecular formula is C27H35N7O2. The van der Waals surface area contributed by atoms with Gasteiger partial charge in [0.25, 0.3) is 0 Å². The van der Waals surface area contributed by atoms with Crippen LogP contribution in [0.1, 0.15) is 50.4 Å². The van der Waals surface area contributed by atoms with Gasteiger partial charge in [-0.1, -0.05) is 20.8 Å². The first-order valence-electron chi connectivity index (χ1n) is 12.5. The van der Waals surface area contributed by atoms with Gasteiger partial charge < -0.3 is 20.5 Å². The normalized spacial score (nSPS) is 16.6. The van der Waals surface area contributed by atoms with E-state index in [1.165, 1.54) is 0 Å². The Kier molecular flexibility index (Phi) is 7.87. The standard InChI is InChI=1S/C27H35N7O2/c1-18(2)6-7-23-24(15-34(33-23)10-5-11-36-4)32-26-29-9-8-22(31-26)19-12-20(14-28)25-21(13-19)27(3,17-35)16-30-25/h8-9,12-13,15,18,30,35H,5-7,10-11,16-17H2,1-4H3,(H,29,31,32)/t27-/m1/s1. The van der Waals surface area contributed by atoms with Crippen molar-refractivity contribution >= 4 is 17.3 Å². The van der Waals surface area contributed by atoms with Crippen molar-refractivity contribution < 1.29 is 9.84 Å². The Bertz CT molecular complexity index is 1250. The van der Waals surface area contributed by atoms with Gasteiger partial charge in [-0.3, -0.25) is 4.68 Å². The third-order valence-corrected chi connectivity index (χ3v) is 6.64. The molecule has 36 heavy (non-hydrogen) atoms. The molecule has 1 aliphatic rings. The molecule has 1 aliphatic heterocycles. The molecule has 9 heteroatoms. The van der Waals surface area contributed by atoms with Gasteiger partial charge in [0.15, 0.2) is 0 Å². The summed E-state index contributed by atoms with van der Waals surface area (Å²) in [5.74, 6) is 1.04. The maximum absolute atomic E-state index is 10.0. The van der Waals surface area contributed by atoms with Crippen LogP contribution in [-0.2, 0) is 23.1 Å². The van der Waals surface area contributed by atoms with Crippen LogP contribution in [-0.4, -0.2) is 51.7 Å². The second kappa shape index (κ2) is 11.1. The molecular weight excluding hydrogens is 454 g/mol. The highest BCUT2D eigenvalue weighted by Gasteiger charge is 2.36. The second-order valence-electron chi connectivity index (χ2n) is 10.1. The van der Waals surface area contributed by atoms with Gasteiger partial charge in [0.2, 0.25) is 5.95 Å². The predicted molar refractivity (Wildman–Crippen MR) is 140 cm³/mol. The number of methoxy groups -OCH3 is 1. The zero-order valence-corrected chi connectivity index (χ0v) is 21.5. The average Bonchev–Trinajstić information content (AvgIpc) is 3.43. The van der Waals surface area contributed by atoms with Crippen LogP contribution < -0.4 is 10.6 Å². The Morgan fingerprint density at radius 1 is 1.36 bits per heavy atom. The van der Waals surface area contributed by atoms with E-state index in [-0.39, 0.29) is 6.61 Å². The molecule has 3 aromatic rings. The number of rotatable bonds is 11. The molecule has 1 aromatic carbocycles. The molecule has 2 aromatic heterocycles. The lowest BCUT2D eigenvalue weighted by molar-refractivity contribution is 0.189. The Balaban J connectivity index is 1.63. The van der Waals surface area contributed by atoms with Crippen molar-refractivity contribution in [2.75, 3.05) is 37.5 Å². The fourth-order valence-corrected chi connectivity index (χ4v) is 4.43. The van der Waals surface area contributed by atoms with Crippen molar-refractivity contribution in [3.05, 3.63) is 47.4 Å². The summed E-state index contributed by atoms with van der Waals surface area (Å²) in [6.45, 7) is 8.44. The summed E-state index contributed by atoms with van der Waals surface area (Å²) in [5, 5.41) is 31.2. The van der Waals surface area contributed by atoms with E-state index in [0.717, 1.165) is 54.0 Å². The number of ether oxygens (including phenoxy) is 1. The SMILES string of the molecule is COCCCn1cc(Nc2nccc(-c3cc(C#N)c4c(c3)[C@@](C)(CO)CN4)n2)c(CCC(C)C)n1. The van der Waals surface area contributed by atoms with E-state index in [0.29, 0.717) is 36.3 Å². The summed E-state index contributed by atoms with van der Waals surface area (Å²) in [6, 6.07) is 7.97. The third-order valence-electron chi connectivity index (χ3n) is 6.64. The van der Waals surface area contributed by atoms with Crippen molar-refractivity contribution in [3.63, 3.8) is 0 Å². The van der Waals surface area contributed by atoms with Gasteiger partial charge in [0, 0.05) is 50.2 Å². The summed E-state index contributed by atoms with van der Waals surface area (Å²) in [6.07, 6.45) is 6.50. The molecule has 0 saturated carbocycles. The number of nitrogens with zero attached hydrogens (tertiary/aromatic N) is 5. The average molecular weight is 490 g/mol. The number of aromatic nitrogens is 4. The van der Waals surface area contributed by atoms with Crippen LogP contribution in [0.3, 0.4) is 0 Å². The van der Waals surface area contributed by atoms with Crippen molar-refractivity contribution in [2.45, 2.75) is 52.0 Å². The van der Waals surface area contributed by atoms with E-state index < -0.39 is 5.41 Å². The van der Waals surface area contributed by atoms with Gasteiger partial charge in [0.1, 0.15) is 6.07 Å². The minimum absolute atomic E-state index is 0.00851. The number of benzene rings is 1. The van der Waals surface area contributed by atoms with Crippen molar-refractivity contribution in [3.8, 4) is 17.3 Å². The van der Waals surface area contributed by atoms with E-state index in [2.05, 4.69) is 35.5 Å². The molecule has 0 bridgehead atoms. The zero-order chi connectivity index (χ0) is 25.7. The van der Waals surface area contributed by atoms with Gasteiger partial charge in [-0.25, -0.2) is 9.97 Å². The molecule has 0 radical (unpaired) electrons. The van der Waals surface area contributed by atoms with Crippen molar-refractivity contribution in [2.24, 2.45) is 5.92 Å². The maximum atomic E-state index is 10.0. The Labute approximate surface area is 212 Å². The van der Waals surface area contributed by atoms with Crippen LogP contribution in [0.25, 0.3) is 11.3 Å². The summed E-state index contributed by atoms with van der Waals surface area (Å²) in [5.41, 5.74) is 5.22. The van der Waals surface area contributed by atoms with E-state index in [4.69, 9.17) is 14.8 Å². The molecule has 190 valence electrons. The van der Waals surface area contributed by atoms with Crippen LogP contribution in [0.5, 0.6) is 0 Å². The van der Waals surface area contributed by atoms with E-state index in [9.17, 15) is 10.4 Å². The number of nitrogens with one attached hydrogen (secondary N) is 2.